The Bertz CT molecular complexity index is 1750. The Labute approximate surface area is 272 Å². The highest BCUT2D eigenvalue weighted by atomic mass is 35.5. The van der Waals surface area contributed by atoms with Gasteiger partial charge in [0.15, 0.2) is 0 Å². The van der Waals surface area contributed by atoms with Crippen molar-refractivity contribution in [1.29, 1.82) is 0 Å². The third kappa shape index (κ3) is 4.41. The maximum atomic E-state index is 14.0. The first-order valence-electron chi connectivity index (χ1n) is 15.2. The summed E-state index contributed by atoms with van der Waals surface area (Å²) in [5, 5.41) is 2.87. The molecule has 8 heteroatoms. The van der Waals surface area contributed by atoms with Gasteiger partial charge < -0.3 is 10.1 Å². The standard InChI is InChI=1S/C37H32Cl2N2O4/c1-21(2)25-17-12-22(3)20-30(25)45-24-15-13-23(14-16-24)40-31(42)18-19-41-34(43)32-33(35(41)44)37(39)27-9-5-4-8-26(27)36(32,38)28-10-6-7-11-29(28)37/h4-17,20-21,32-33H,18-19H2,1-3H3,(H,40,42)/t32-,33-,36?,37?/m0/s1. The molecule has 8 rings (SSSR count). The molecule has 0 saturated carbocycles. The number of aryl methyl sites for hydroxylation is 1. The summed E-state index contributed by atoms with van der Waals surface area (Å²) in [6.45, 7) is 6.19. The van der Waals surface area contributed by atoms with E-state index >= 15 is 0 Å². The predicted molar refractivity (Wildman–Crippen MR) is 175 cm³/mol. The molecule has 2 atom stereocenters. The van der Waals surface area contributed by atoms with Crippen molar-refractivity contribution >= 4 is 46.6 Å². The van der Waals surface area contributed by atoms with Crippen LogP contribution in [-0.4, -0.2) is 29.2 Å². The molecular weight excluding hydrogens is 607 g/mol. The molecule has 1 fully saturated rings. The number of hydrogen-bond donors (Lipinski definition) is 1. The average Bonchev–Trinajstić information content (AvgIpc) is 3.29. The molecule has 228 valence electrons. The number of ether oxygens (including phenoxy) is 1. The van der Waals surface area contributed by atoms with Crippen LogP contribution in [0.1, 0.15) is 59.6 Å². The fraction of sp³-hybridized carbons (Fsp3) is 0.270. The van der Waals surface area contributed by atoms with Crippen LogP contribution in [-0.2, 0) is 24.1 Å². The van der Waals surface area contributed by atoms with E-state index in [1.807, 2.05) is 61.5 Å². The topological polar surface area (TPSA) is 75.7 Å². The molecular formula is C37H32Cl2N2O4. The predicted octanol–water partition coefficient (Wildman–Crippen LogP) is 7.83. The van der Waals surface area contributed by atoms with Crippen molar-refractivity contribution in [3.05, 3.63) is 124 Å². The minimum Gasteiger partial charge on any atom is -0.457 e. The highest BCUT2D eigenvalue weighted by Gasteiger charge is 2.72. The van der Waals surface area contributed by atoms with Gasteiger partial charge in [-0.2, -0.15) is 0 Å². The summed E-state index contributed by atoms with van der Waals surface area (Å²) < 4.78 is 6.17. The van der Waals surface area contributed by atoms with E-state index in [0.29, 0.717) is 17.4 Å². The lowest BCUT2D eigenvalue weighted by atomic mass is 9.54. The van der Waals surface area contributed by atoms with Crippen LogP contribution in [0.4, 0.5) is 5.69 Å². The normalized spacial score (nSPS) is 24.4. The van der Waals surface area contributed by atoms with Gasteiger partial charge >= 0.3 is 0 Å². The van der Waals surface area contributed by atoms with Crippen LogP contribution in [0.15, 0.2) is 91.0 Å². The van der Waals surface area contributed by atoms with Crippen LogP contribution in [0.2, 0.25) is 0 Å². The molecule has 6 nitrogen and oxygen atoms in total. The summed E-state index contributed by atoms with van der Waals surface area (Å²) in [7, 11) is 0. The minimum atomic E-state index is -1.24. The Morgan fingerprint density at radius 1 is 0.822 bits per heavy atom. The first kappa shape index (κ1) is 29.6. The van der Waals surface area contributed by atoms with Crippen molar-refractivity contribution < 1.29 is 19.1 Å². The zero-order chi connectivity index (χ0) is 31.7. The number of nitrogens with one attached hydrogen (secondary N) is 1. The summed E-state index contributed by atoms with van der Waals surface area (Å²) >= 11 is 14.9. The van der Waals surface area contributed by atoms with Crippen LogP contribution in [0.25, 0.3) is 0 Å². The molecule has 0 unspecified atom stereocenters. The quantitative estimate of drug-likeness (QED) is 0.165. The van der Waals surface area contributed by atoms with Crippen molar-refractivity contribution in [3.63, 3.8) is 0 Å². The Kier molecular flexibility index (Phi) is 7.06. The lowest BCUT2D eigenvalue weighted by Crippen LogP contribution is -2.57. The molecule has 45 heavy (non-hydrogen) atoms. The van der Waals surface area contributed by atoms with Crippen LogP contribution in [0, 0.1) is 18.8 Å². The number of carbonyl (C=O) groups is 3. The molecule has 4 aromatic carbocycles. The molecule has 4 aromatic rings. The summed E-state index contributed by atoms with van der Waals surface area (Å²) in [6.07, 6.45) is -0.0688. The second kappa shape index (κ2) is 10.7. The fourth-order valence-corrected chi connectivity index (χ4v) is 8.42. The van der Waals surface area contributed by atoms with Crippen molar-refractivity contribution in [1.82, 2.24) is 4.90 Å². The van der Waals surface area contributed by atoms with Crippen LogP contribution in [0.3, 0.4) is 0 Å². The third-order valence-corrected chi connectivity index (χ3v) is 10.7. The van der Waals surface area contributed by atoms with E-state index in [0.717, 1.165) is 39.1 Å². The van der Waals surface area contributed by atoms with Crippen molar-refractivity contribution in [2.24, 2.45) is 11.8 Å². The van der Waals surface area contributed by atoms with E-state index in [-0.39, 0.29) is 18.9 Å². The number of alkyl halides is 2. The summed E-state index contributed by atoms with van der Waals surface area (Å²) in [6, 6.07) is 28.3. The smallest absolute Gasteiger partial charge is 0.235 e. The van der Waals surface area contributed by atoms with E-state index in [2.05, 4.69) is 31.3 Å². The lowest BCUT2D eigenvalue weighted by Gasteiger charge is -2.54. The number of amides is 3. The van der Waals surface area contributed by atoms with Gasteiger partial charge in [0.1, 0.15) is 21.2 Å². The maximum Gasteiger partial charge on any atom is 0.235 e. The first-order chi connectivity index (χ1) is 21.5. The molecule has 1 heterocycles. The molecule has 0 aromatic heterocycles. The van der Waals surface area contributed by atoms with Crippen LogP contribution >= 0.6 is 23.2 Å². The van der Waals surface area contributed by atoms with E-state index in [1.54, 1.807) is 24.3 Å². The molecule has 1 aliphatic heterocycles. The van der Waals surface area contributed by atoms with Gasteiger partial charge in [0.05, 0.1) is 11.8 Å². The number of nitrogens with zero attached hydrogens (tertiary/aromatic N) is 1. The average molecular weight is 640 g/mol. The second-order valence-electron chi connectivity index (χ2n) is 12.4. The van der Waals surface area contributed by atoms with Crippen LogP contribution in [0.5, 0.6) is 11.5 Å². The monoisotopic (exact) mass is 638 g/mol. The molecule has 1 saturated heterocycles. The SMILES string of the molecule is Cc1ccc(C(C)C)c(Oc2ccc(NC(=O)CCN3C(=O)[C@@H]4[C@@H](C3=O)C3(Cl)c5ccccc5C4(Cl)c4ccccc43)cc2)c1. The fourth-order valence-electron chi connectivity index (χ4n) is 7.32. The first-order valence-corrected chi connectivity index (χ1v) is 15.9. The van der Waals surface area contributed by atoms with Gasteiger partial charge in [-0.1, -0.05) is 74.5 Å². The highest BCUT2D eigenvalue weighted by molar-refractivity contribution is 6.36. The number of hydrogen-bond acceptors (Lipinski definition) is 4. The third-order valence-electron chi connectivity index (χ3n) is 9.40. The second-order valence-corrected chi connectivity index (χ2v) is 13.6. The van der Waals surface area contributed by atoms with Gasteiger partial charge in [-0.05, 0) is 76.6 Å². The van der Waals surface area contributed by atoms with E-state index in [4.69, 9.17) is 27.9 Å². The lowest BCUT2D eigenvalue weighted by molar-refractivity contribution is -0.140. The number of imide groups is 1. The van der Waals surface area contributed by atoms with Crippen molar-refractivity contribution in [3.8, 4) is 11.5 Å². The summed E-state index contributed by atoms with van der Waals surface area (Å²) in [5.41, 5.74) is 5.80. The Morgan fingerprint density at radius 2 is 1.33 bits per heavy atom. The Hall–Kier alpha value is -4.13. The van der Waals surface area contributed by atoms with Gasteiger partial charge in [0, 0.05) is 18.7 Å². The number of carbonyl (C=O) groups excluding carboxylic acids is 3. The zero-order valence-electron chi connectivity index (χ0n) is 25.1. The van der Waals surface area contributed by atoms with Gasteiger partial charge in [0.25, 0.3) is 0 Å². The van der Waals surface area contributed by atoms with E-state index in [9.17, 15) is 14.4 Å². The van der Waals surface area contributed by atoms with E-state index < -0.39 is 33.4 Å². The van der Waals surface area contributed by atoms with Gasteiger partial charge in [-0.25, -0.2) is 0 Å². The van der Waals surface area contributed by atoms with Gasteiger partial charge in [-0.3, -0.25) is 19.3 Å². The molecule has 0 radical (unpaired) electrons. The molecule has 3 amide bonds. The van der Waals surface area contributed by atoms with Crippen molar-refractivity contribution in [2.45, 2.75) is 42.9 Å². The number of anilines is 1. The summed E-state index contributed by atoms with van der Waals surface area (Å²) in [4.78, 5) is 39.6. The molecule has 1 N–H and O–H groups in total. The minimum absolute atomic E-state index is 0.0688. The highest BCUT2D eigenvalue weighted by Crippen LogP contribution is 2.69. The number of halogens is 2. The molecule has 0 spiro atoms. The largest absolute Gasteiger partial charge is 0.457 e. The number of rotatable bonds is 7. The number of likely N-dealkylation sites (tertiary alicyclic amines) is 1. The van der Waals surface area contributed by atoms with Gasteiger partial charge in [0.2, 0.25) is 17.7 Å². The van der Waals surface area contributed by atoms with Crippen LogP contribution < -0.4 is 10.1 Å². The zero-order valence-corrected chi connectivity index (χ0v) is 26.7. The Balaban J connectivity index is 1.07. The molecule has 4 aliphatic rings. The Morgan fingerprint density at radius 3 is 1.82 bits per heavy atom. The molecule has 3 aliphatic carbocycles. The number of benzene rings is 4. The molecule has 2 bridgehead atoms. The van der Waals surface area contributed by atoms with Crippen molar-refractivity contribution in [2.75, 3.05) is 11.9 Å². The summed E-state index contributed by atoms with van der Waals surface area (Å²) in [5.74, 6) is -1.12. The maximum absolute atomic E-state index is 14.0. The van der Waals surface area contributed by atoms with E-state index in [1.165, 1.54) is 4.90 Å². The van der Waals surface area contributed by atoms with Gasteiger partial charge in [-0.15, -0.1) is 23.2 Å².